The van der Waals surface area contributed by atoms with Gasteiger partial charge in [-0.15, -0.1) is 0 Å². The highest BCUT2D eigenvalue weighted by atomic mass is 19.1. The zero-order valence-corrected chi connectivity index (χ0v) is 13.4. The molecule has 1 aromatic carbocycles. The van der Waals surface area contributed by atoms with Gasteiger partial charge in [0.15, 0.2) is 5.76 Å². The normalized spacial score (nSPS) is 19.3. The molecule has 0 bridgehead atoms. The molecule has 1 atom stereocenters. The fourth-order valence-corrected chi connectivity index (χ4v) is 3.24. The molecule has 2 aromatic rings. The van der Waals surface area contributed by atoms with Gasteiger partial charge >= 0.3 is 0 Å². The average Bonchev–Trinajstić information content (AvgIpc) is 2.77. The lowest BCUT2D eigenvalue weighted by Gasteiger charge is -2.31. The van der Waals surface area contributed by atoms with Crippen molar-refractivity contribution in [2.45, 2.75) is 39.7 Å². The van der Waals surface area contributed by atoms with Crippen LogP contribution in [-0.2, 0) is 6.42 Å². The van der Waals surface area contributed by atoms with Gasteiger partial charge < -0.3 is 14.8 Å². The molecule has 0 radical (unpaired) electrons. The number of fused-ring (bicyclic) bond motifs is 1. The molecule has 0 fully saturated rings. The number of amides is 1. The van der Waals surface area contributed by atoms with Gasteiger partial charge in [-0.1, -0.05) is 26.0 Å². The third kappa shape index (κ3) is 2.88. The van der Waals surface area contributed by atoms with Crippen LogP contribution in [0.3, 0.4) is 0 Å². The number of carbonyl (C=O) groups is 1. The molecule has 0 saturated heterocycles. The molecule has 23 heavy (non-hydrogen) atoms. The first-order valence-corrected chi connectivity index (χ1v) is 7.64. The number of aliphatic hydroxyl groups excluding tert-OH is 1. The molecule has 1 amide bonds. The summed E-state index contributed by atoms with van der Waals surface area (Å²) in [4.78, 5) is 12.4. The number of rotatable bonds is 2. The minimum atomic E-state index is -0.646. The maximum atomic E-state index is 13.7. The summed E-state index contributed by atoms with van der Waals surface area (Å²) in [5, 5.41) is 12.9. The first-order chi connectivity index (χ1) is 10.8. The number of hydrogen-bond acceptors (Lipinski definition) is 3. The Kier molecular flexibility index (Phi) is 3.76. The van der Waals surface area contributed by atoms with Crippen molar-refractivity contribution in [3.8, 4) is 0 Å². The minimum Gasteiger partial charge on any atom is -0.455 e. The number of aliphatic hydroxyl groups is 1. The van der Waals surface area contributed by atoms with Crippen LogP contribution in [0.15, 0.2) is 28.7 Å². The average molecular weight is 317 g/mol. The van der Waals surface area contributed by atoms with Gasteiger partial charge in [-0.3, -0.25) is 4.79 Å². The summed E-state index contributed by atoms with van der Waals surface area (Å²) in [6.07, 6.45) is 0.634. The molecule has 2 N–H and O–H groups in total. The molecule has 122 valence electrons. The molecule has 0 unspecified atom stereocenters. The SMILES string of the molecule is Cc1c(C(=O)Nc2ccccc2F)oc2c1[C@@H](O)CC(C)(C)C2. The number of nitrogens with one attached hydrogen (secondary N) is 1. The summed E-state index contributed by atoms with van der Waals surface area (Å²) in [6, 6.07) is 5.97. The summed E-state index contributed by atoms with van der Waals surface area (Å²) in [5.41, 5.74) is 1.34. The second-order valence-electron chi connectivity index (χ2n) is 6.89. The van der Waals surface area contributed by atoms with E-state index in [1.54, 1.807) is 19.1 Å². The van der Waals surface area contributed by atoms with Crippen LogP contribution in [0.2, 0.25) is 0 Å². The lowest BCUT2D eigenvalue weighted by atomic mass is 9.75. The Morgan fingerprint density at radius 1 is 1.39 bits per heavy atom. The van der Waals surface area contributed by atoms with Crippen LogP contribution in [-0.4, -0.2) is 11.0 Å². The third-order valence-electron chi connectivity index (χ3n) is 4.32. The number of carbonyl (C=O) groups excluding carboxylic acids is 1. The van der Waals surface area contributed by atoms with E-state index in [-0.39, 0.29) is 16.9 Å². The van der Waals surface area contributed by atoms with E-state index in [4.69, 9.17) is 4.42 Å². The number of halogens is 1. The van der Waals surface area contributed by atoms with Crippen LogP contribution >= 0.6 is 0 Å². The lowest BCUT2D eigenvalue weighted by Crippen LogP contribution is -2.24. The van der Waals surface area contributed by atoms with E-state index in [0.717, 1.165) is 0 Å². The number of hydrogen-bond donors (Lipinski definition) is 2. The van der Waals surface area contributed by atoms with E-state index in [9.17, 15) is 14.3 Å². The lowest BCUT2D eigenvalue weighted by molar-refractivity contribution is 0.0910. The van der Waals surface area contributed by atoms with Gasteiger partial charge in [0, 0.05) is 17.5 Å². The zero-order valence-electron chi connectivity index (χ0n) is 13.4. The van der Waals surface area contributed by atoms with Crippen LogP contribution in [0.25, 0.3) is 0 Å². The Morgan fingerprint density at radius 3 is 2.78 bits per heavy atom. The molecule has 0 saturated carbocycles. The van der Waals surface area contributed by atoms with Crippen molar-refractivity contribution < 1.29 is 18.7 Å². The highest BCUT2D eigenvalue weighted by molar-refractivity contribution is 6.03. The molecule has 0 aliphatic heterocycles. The summed E-state index contributed by atoms with van der Waals surface area (Å²) in [6.45, 7) is 5.85. The Hall–Kier alpha value is -2.14. The van der Waals surface area contributed by atoms with Crippen LogP contribution in [0.1, 0.15) is 53.8 Å². The summed E-state index contributed by atoms with van der Waals surface area (Å²) < 4.78 is 19.4. The molecule has 1 aromatic heterocycles. The Labute approximate surface area is 134 Å². The standard InChI is InChI=1S/C18H20FNO3/c1-10-15-13(21)8-18(2,3)9-14(15)23-16(10)17(22)20-12-7-5-4-6-11(12)19/h4-7,13,21H,8-9H2,1-3H3,(H,20,22)/t13-/m0/s1. The smallest absolute Gasteiger partial charge is 0.291 e. The molecule has 4 nitrogen and oxygen atoms in total. The van der Waals surface area contributed by atoms with Crippen molar-refractivity contribution in [1.29, 1.82) is 0 Å². The van der Waals surface area contributed by atoms with Crippen LogP contribution in [0, 0.1) is 18.2 Å². The van der Waals surface area contributed by atoms with Crippen molar-refractivity contribution in [3.05, 3.63) is 52.7 Å². The fraction of sp³-hybridized carbons (Fsp3) is 0.389. The number of benzene rings is 1. The fourth-order valence-electron chi connectivity index (χ4n) is 3.24. The van der Waals surface area contributed by atoms with Crippen molar-refractivity contribution in [2.24, 2.45) is 5.41 Å². The first-order valence-electron chi connectivity index (χ1n) is 7.64. The number of furan rings is 1. The molecule has 5 heteroatoms. The first kappa shape index (κ1) is 15.7. The third-order valence-corrected chi connectivity index (χ3v) is 4.32. The molecule has 1 aliphatic carbocycles. The van der Waals surface area contributed by atoms with Gasteiger partial charge in [-0.2, -0.15) is 0 Å². The van der Waals surface area contributed by atoms with Gasteiger partial charge in [0.25, 0.3) is 5.91 Å². The predicted octanol–water partition coefficient (Wildman–Crippen LogP) is 3.99. The van der Waals surface area contributed by atoms with Crippen molar-refractivity contribution in [1.82, 2.24) is 0 Å². The van der Waals surface area contributed by atoms with Gasteiger partial charge in [0.05, 0.1) is 11.8 Å². The highest BCUT2D eigenvalue weighted by Crippen LogP contribution is 2.44. The molecule has 1 aliphatic rings. The summed E-state index contributed by atoms with van der Waals surface area (Å²) >= 11 is 0. The van der Waals surface area contributed by atoms with Crippen LogP contribution in [0.4, 0.5) is 10.1 Å². The largest absolute Gasteiger partial charge is 0.455 e. The Morgan fingerprint density at radius 2 is 2.09 bits per heavy atom. The van der Waals surface area contributed by atoms with Gasteiger partial charge in [-0.05, 0) is 30.9 Å². The highest BCUT2D eigenvalue weighted by Gasteiger charge is 2.37. The maximum absolute atomic E-state index is 13.7. The van der Waals surface area contributed by atoms with Crippen molar-refractivity contribution in [2.75, 3.05) is 5.32 Å². The molecular formula is C18H20FNO3. The second-order valence-corrected chi connectivity index (χ2v) is 6.89. The number of para-hydroxylation sites is 1. The monoisotopic (exact) mass is 317 g/mol. The van der Waals surface area contributed by atoms with E-state index in [1.165, 1.54) is 12.1 Å². The van der Waals surface area contributed by atoms with E-state index in [2.05, 4.69) is 19.2 Å². The zero-order chi connectivity index (χ0) is 16.8. The predicted molar refractivity (Wildman–Crippen MR) is 84.9 cm³/mol. The van der Waals surface area contributed by atoms with E-state index < -0.39 is 17.8 Å². The molecular weight excluding hydrogens is 297 g/mol. The van der Waals surface area contributed by atoms with E-state index in [1.807, 2.05) is 0 Å². The van der Waals surface area contributed by atoms with Crippen LogP contribution < -0.4 is 5.32 Å². The van der Waals surface area contributed by atoms with Crippen molar-refractivity contribution >= 4 is 11.6 Å². The topological polar surface area (TPSA) is 62.5 Å². The van der Waals surface area contributed by atoms with Crippen LogP contribution in [0.5, 0.6) is 0 Å². The van der Waals surface area contributed by atoms with Gasteiger partial charge in [0.2, 0.25) is 0 Å². The Bertz CT molecular complexity index is 764. The summed E-state index contributed by atoms with van der Waals surface area (Å²) in [7, 11) is 0. The molecule has 1 heterocycles. The Balaban J connectivity index is 1.93. The second kappa shape index (κ2) is 5.49. The maximum Gasteiger partial charge on any atom is 0.291 e. The summed E-state index contributed by atoms with van der Waals surface area (Å²) in [5.74, 6) is -0.233. The number of anilines is 1. The van der Waals surface area contributed by atoms with E-state index in [0.29, 0.717) is 29.7 Å². The quantitative estimate of drug-likeness (QED) is 0.880. The van der Waals surface area contributed by atoms with Gasteiger partial charge in [0.1, 0.15) is 11.6 Å². The van der Waals surface area contributed by atoms with Crippen molar-refractivity contribution in [3.63, 3.8) is 0 Å². The molecule has 0 spiro atoms. The van der Waals surface area contributed by atoms with Gasteiger partial charge in [-0.25, -0.2) is 4.39 Å². The van der Waals surface area contributed by atoms with E-state index >= 15 is 0 Å². The molecule has 3 rings (SSSR count). The minimum absolute atomic E-state index is 0.0873.